The quantitative estimate of drug-likeness (QED) is 0.330. The maximum Gasteiger partial charge on any atom is 0.291 e. The molecule has 3 rings (SSSR count). The summed E-state index contributed by atoms with van der Waals surface area (Å²) in [6.07, 6.45) is 1.68. The molecule has 2 aromatic rings. The van der Waals surface area contributed by atoms with Gasteiger partial charge in [0.05, 0.1) is 6.54 Å². The Labute approximate surface area is 198 Å². The average Bonchev–Trinajstić information content (AvgIpc) is 3.39. The van der Waals surface area contributed by atoms with E-state index in [0.717, 1.165) is 0 Å². The van der Waals surface area contributed by atoms with Crippen LogP contribution < -0.4 is 16.1 Å². The number of alkyl halides is 2. The van der Waals surface area contributed by atoms with Crippen LogP contribution in [0.5, 0.6) is 0 Å². The number of hydrogen-bond donors (Lipinski definition) is 4. The molecule has 12 heteroatoms. The molecule has 182 valence electrons. The van der Waals surface area contributed by atoms with Crippen LogP contribution in [0.25, 0.3) is 10.9 Å². The van der Waals surface area contributed by atoms with Crippen molar-refractivity contribution in [1.82, 2.24) is 26.1 Å². The SMILES string of the molecule is CC(C)C[C@H](NC(=O)c1cc2c(F)cccc2[nH]1)C(=O)NN(CC1=CCNC1=O)C(=O)C(F)Cl. The van der Waals surface area contributed by atoms with Crippen molar-refractivity contribution in [2.45, 2.75) is 31.9 Å². The summed E-state index contributed by atoms with van der Waals surface area (Å²) in [7, 11) is 0. The summed E-state index contributed by atoms with van der Waals surface area (Å²) in [6, 6.07) is 4.55. The van der Waals surface area contributed by atoms with Crippen molar-refractivity contribution in [2.24, 2.45) is 5.92 Å². The van der Waals surface area contributed by atoms with Crippen molar-refractivity contribution in [2.75, 3.05) is 13.1 Å². The Bertz CT molecular complexity index is 1150. The number of hydrazine groups is 1. The number of aromatic amines is 1. The lowest BCUT2D eigenvalue weighted by molar-refractivity contribution is -0.143. The number of halogens is 3. The molecular weight excluding hydrogens is 472 g/mol. The van der Waals surface area contributed by atoms with E-state index in [1.807, 2.05) is 13.8 Å². The molecule has 0 spiro atoms. The molecule has 1 aromatic heterocycles. The van der Waals surface area contributed by atoms with Crippen LogP contribution in [-0.2, 0) is 14.4 Å². The van der Waals surface area contributed by atoms with Gasteiger partial charge in [-0.1, -0.05) is 37.6 Å². The molecule has 2 atom stereocenters. The third-order valence-electron chi connectivity index (χ3n) is 5.11. The Morgan fingerprint density at radius 1 is 1.26 bits per heavy atom. The van der Waals surface area contributed by atoms with E-state index in [1.165, 1.54) is 24.3 Å². The number of carbonyl (C=O) groups is 4. The van der Waals surface area contributed by atoms with Gasteiger partial charge in [-0.25, -0.2) is 13.8 Å². The van der Waals surface area contributed by atoms with Gasteiger partial charge in [0.25, 0.3) is 23.4 Å². The average molecular weight is 496 g/mol. The molecule has 0 fully saturated rings. The van der Waals surface area contributed by atoms with Crippen molar-refractivity contribution in [1.29, 1.82) is 0 Å². The maximum absolute atomic E-state index is 14.0. The zero-order valence-electron chi connectivity index (χ0n) is 18.5. The first kappa shape index (κ1) is 25.2. The number of aromatic nitrogens is 1. The second kappa shape index (κ2) is 10.6. The largest absolute Gasteiger partial charge is 0.350 e. The van der Waals surface area contributed by atoms with E-state index in [9.17, 15) is 28.0 Å². The Balaban J connectivity index is 1.78. The highest BCUT2D eigenvalue weighted by molar-refractivity contribution is 6.29. The Morgan fingerprint density at radius 3 is 2.59 bits per heavy atom. The molecule has 0 radical (unpaired) electrons. The van der Waals surface area contributed by atoms with Gasteiger partial charge in [-0.3, -0.25) is 24.6 Å². The summed E-state index contributed by atoms with van der Waals surface area (Å²) in [5.74, 6) is -3.77. The molecule has 1 aromatic carbocycles. The van der Waals surface area contributed by atoms with Gasteiger partial charge in [-0.05, 0) is 30.5 Å². The normalized spacial score (nSPS) is 15.0. The maximum atomic E-state index is 14.0. The van der Waals surface area contributed by atoms with Crippen molar-refractivity contribution < 1.29 is 28.0 Å². The van der Waals surface area contributed by atoms with Gasteiger partial charge >= 0.3 is 0 Å². The molecule has 0 bridgehead atoms. The van der Waals surface area contributed by atoms with Crippen molar-refractivity contribution in [3.63, 3.8) is 0 Å². The van der Waals surface area contributed by atoms with Crippen molar-refractivity contribution >= 4 is 46.1 Å². The van der Waals surface area contributed by atoms with E-state index in [4.69, 9.17) is 11.6 Å². The molecule has 34 heavy (non-hydrogen) atoms. The number of nitrogens with one attached hydrogen (secondary N) is 4. The molecule has 4 N–H and O–H groups in total. The first-order valence-corrected chi connectivity index (χ1v) is 11.0. The number of benzene rings is 1. The Morgan fingerprint density at radius 2 is 2.00 bits per heavy atom. The summed E-state index contributed by atoms with van der Waals surface area (Å²) >= 11 is 5.27. The van der Waals surface area contributed by atoms with Crippen molar-refractivity contribution in [3.8, 4) is 0 Å². The van der Waals surface area contributed by atoms with E-state index in [1.54, 1.807) is 6.07 Å². The fourth-order valence-electron chi connectivity index (χ4n) is 3.46. The van der Waals surface area contributed by atoms with Crippen LogP contribution in [0.1, 0.15) is 30.8 Å². The highest BCUT2D eigenvalue weighted by Crippen LogP contribution is 2.19. The van der Waals surface area contributed by atoms with Gasteiger partial charge in [-0.2, -0.15) is 0 Å². The third kappa shape index (κ3) is 5.90. The second-order valence-electron chi connectivity index (χ2n) is 8.18. The van der Waals surface area contributed by atoms with Crippen LogP contribution in [0, 0.1) is 11.7 Å². The summed E-state index contributed by atoms with van der Waals surface area (Å²) in [4.78, 5) is 52.6. The number of H-pyrrole nitrogens is 1. The third-order valence-corrected chi connectivity index (χ3v) is 5.30. The fourth-order valence-corrected chi connectivity index (χ4v) is 3.58. The lowest BCUT2D eigenvalue weighted by Crippen LogP contribution is -2.56. The molecule has 9 nitrogen and oxygen atoms in total. The molecule has 0 aliphatic carbocycles. The van der Waals surface area contributed by atoms with Crippen LogP contribution in [-0.4, -0.2) is 58.4 Å². The molecule has 0 saturated carbocycles. The van der Waals surface area contributed by atoms with Gasteiger partial charge in [0.1, 0.15) is 17.6 Å². The number of hydrogen-bond acceptors (Lipinski definition) is 4. The molecule has 1 aliphatic rings. The van der Waals surface area contributed by atoms with E-state index in [0.29, 0.717) is 10.5 Å². The number of nitrogens with zero attached hydrogens (tertiary/aromatic N) is 1. The first-order valence-electron chi connectivity index (χ1n) is 10.5. The lowest BCUT2D eigenvalue weighted by atomic mass is 10.0. The predicted octanol–water partition coefficient (Wildman–Crippen LogP) is 1.90. The molecular formula is C22H24ClF2N5O4. The minimum atomic E-state index is -2.45. The predicted molar refractivity (Wildman–Crippen MR) is 121 cm³/mol. The minimum Gasteiger partial charge on any atom is -0.350 e. The Kier molecular flexibility index (Phi) is 7.87. The summed E-state index contributed by atoms with van der Waals surface area (Å²) in [5.41, 5.74) is 0.395. The summed E-state index contributed by atoms with van der Waals surface area (Å²) in [6.45, 7) is 3.46. The van der Waals surface area contributed by atoms with E-state index in [-0.39, 0.29) is 35.5 Å². The smallest absolute Gasteiger partial charge is 0.291 e. The Hall–Kier alpha value is -3.47. The molecule has 2 heterocycles. The van der Waals surface area contributed by atoms with Crippen LogP contribution in [0.2, 0.25) is 0 Å². The van der Waals surface area contributed by atoms with E-state index in [2.05, 4.69) is 21.0 Å². The zero-order valence-corrected chi connectivity index (χ0v) is 19.2. The zero-order chi connectivity index (χ0) is 25.0. The second-order valence-corrected chi connectivity index (χ2v) is 8.56. The fraction of sp³-hybridized carbons (Fsp3) is 0.364. The van der Waals surface area contributed by atoms with Crippen LogP contribution in [0.3, 0.4) is 0 Å². The number of amides is 4. The summed E-state index contributed by atoms with van der Waals surface area (Å²) in [5, 5.41) is 5.89. The molecule has 1 unspecified atom stereocenters. The monoisotopic (exact) mass is 495 g/mol. The van der Waals surface area contributed by atoms with Gasteiger partial charge < -0.3 is 15.6 Å². The highest BCUT2D eigenvalue weighted by atomic mass is 35.5. The van der Waals surface area contributed by atoms with E-state index >= 15 is 0 Å². The van der Waals surface area contributed by atoms with Crippen LogP contribution in [0.4, 0.5) is 8.78 Å². The van der Waals surface area contributed by atoms with Gasteiger partial charge in [-0.15, -0.1) is 0 Å². The van der Waals surface area contributed by atoms with Crippen LogP contribution in [0.15, 0.2) is 35.9 Å². The first-order chi connectivity index (χ1) is 16.1. The van der Waals surface area contributed by atoms with Gasteiger partial charge in [0.2, 0.25) is 5.91 Å². The number of rotatable bonds is 8. The lowest BCUT2D eigenvalue weighted by Gasteiger charge is -2.27. The van der Waals surface area contributed by atoms with E-state index < -0.39 is 47.7 Å². The minimum absolute atomic E-state index is 0.0342. The topological polar surface area (TPSA) is 123 Å². The van der Waals surface area contributed by atoms with Gasteiger partial charge in [0, 0.05) is 23.0 Å². The standard InChI is InChI=1S/C22H24ClF2N5O4/c1-11(2)8-16(28-20(32)17-9-13-14(24)4-3-5-15(13)27-17)21(33)29-30(22(34)18(23)25)10-12-6-7-26-19(12)31/h3-6,9,11,16,18,27H,7-8,10H2,1-2H3,(H,26,31)(H,28,32)(H,29,33)/t16-,18?/m0/s1. The molecule has 1 aliphatic heterocycles. The molecule has 0 saturated heterocycles. The highest BCUT2D eigenvalue weighted by Gasteiger charge is 2.31. The van der Waals surface area contributed by atoms with Gasteiger partial charge in [0.15, 0.2) is 0 Å². The summed E-state index contributed by atoms with van der Waals surface area (Å²) < 4.78 is 27.5. The number of fused-ring (bicyclic) bond motifs is 1. The molecule has 4 amide bonds. The van der Waals surface area contributed by atoms with Crippen LogP contribution >= 0.6 is 11.6 Å². The number of carbonyl (C=O) groups excluding carboxylic acids is 4. The van der Waals surface area contributed by atoms with Crippen molar-refractivity contribution in [3.05, 3.63) is 47.4 Å².